The zero-order valence-electron chi connectivity index (χ0n) is 14.2. The van der Waals surface area contributed by atoms with Crippen LogP contribution in [0.1, 0.15) is 44.0 Å². The van der Waals surface area contributed by atoms with E-state index < -0.39 is 35.2 Å². The molecular formula is C19H16F2N2O4. The van der Waals surface area contributed by atoms with Crippen LogP contribution in [0.15, 0.2) is 36.5 Å². The first kappa shape index (κ1) is 18.6. The van der Waals surface area contributed by atoms with Crippen molar-refractivity contribution in [1.29, 1.82) is 0 Å². The van der Waals surface area contributed by atoms with Crippen molar-refractivity contribution >= 4 is 17.7 Å². The maximum atomic E-state index is 13.8. The lowest BCUT2D eigenvalue weighted by Gasteiger charge is -2.31. The fourth-order valence-electron chi connectivity index (χ4n) is 3.09. The summed E-state index contributed by atoms with van der Waals surface area (Å²) in [7, 11) is 0. The summed E-state index contributed by atoms with van der Waals surface area (Å²) >= 11 is 0. The average molecular weight is 374 g/mol. The van der Waals surface area contributed by atoms with Gasteiger partial charge >= 0.3 is 5.97 Å². The molecular weight excluding hydrogens is 358 g/mol. The van der Waals surface area contributed by atoms with Crippen molar-refractivity contribution in [2.45, 2.75) is 12.8 Å². The van der Waals surface area contributed by atoms with Crippen molar-refractivity contribution in [3.05, 3.63) is 65.0 Å². The SMILES string of the molecule is O=C(O)c1ccnc(C(=O)N2CCC(C(=O)c3cc(F)ccc3F)CC2)c1. The van der Waals surface area contributed by atoms with Crippen LogP contribution in [0, 0.1) is 17.6 Å². The van der Waals surface area contributed by atoms with Crippen molar-refractivity contribution < 1.29 is 28.3 Å². The average Bonchev–Trinajstić information content (AvgIpc) is 2.69. The van der Waals surface area contributed by atoms with Crippen LogP contribution in [0.25, 0.3) is 0 Å². The molecule has 0 unspecified atom stereocenters. The van der Waals surface area contributed by atoms with Gasteiger partial charge in [0.1, 0.15) is 17.3 Å². The van der Waals surface area contributed by atoms with Gasteiger partial charge in [0, 0.05) is 25.2 Å². The third-order valence-electron chi connectivity index (χ3n) is 4.57. The molecule has 1 N–H and O–H groups in total. The molecule has 0 bridgehead atoms. The summed E-state index contributed by atoms with van der Waals surface area (Å²) in [6, 6.07) is 5.24. The number of carboxylic acid groups (broad SMARTS) is 1. The number of amides is 1. The smallest absolute Gasteiger partial charge is 0.335 e. The van der Waals surface area contributed by atoms with Gasteiger partial charge in [0.25, 0.3) is 5.91 Å². The largest absolute Gasteiger partial charge is 0.478 e. The molecule has 6 nitrogen and oxygen atoms in total. The molecule has 3 rings (SSSR count). The molecule has 0 saturated carbocycles. The van der Waals surface area contributed by atoms with Crippen molar-refractivity contribution in [3.63, 3.8) is 0 Å². The number of piperidine rings is 1. The number of likely N-dealkylation sites (tertiary alicyclic amines) is 1. The summed E-state index contributed by atoms with van der Waals surface area (Å²) in [6.45, 7) is 0.482. The third kappa shape index (κ3) is 3.99. The maximum Gasteiger partial charge on any atom is 0.335 e. The van der Waals surface area contributed by atoms with Crippen molar-refractivity contribution in [1.82, 2.24) is 9.88 Å². The molecule has 1 aromatic carbocycles. The van der Waals surface area contributed by atoms with Gasteiger partial charge in [0.2, 0.25) is 0 Å². The Balaban J connectivity index is 1.67. The van der Waals surface area contributed by atoms with Gasteiger partial charge in [-0.15, -0.1) is 0 Å². The quantitative estimate of drug-likeness (QED) is 0.832. The summed E-state index contributed by atoms with van der Waals surface area (Å²) in [5.41, 5.74) is -0.313. The van der Waals surface area contributed by atoms with E-state index in [4.69, 9.17) is 5.11 Å². The third-order valence-corrected chi connectivity index (χ3v) is 4.57. The summed E-state index contributed by atoms with van der Waals surface area (Å²) in [5.74, 6) is -4.03. The second-order valence-corrected chi connectivity index (χ2v) is 6.29. The lowest BCUT2D eigenvalue weighted by Crippen LogP contribution is -2.40. The molecule has 8 heteroatoms. The molecule has 0 atom stereocenters. The molecule has 1 aromatic heterocycles. The Hall–Kier alpha value is -3.16. The number of pyridine rings is 1. The predicted molar refractivity (Wildman–Crippen MR) is 90.5 cm³/mol. The summed E-state index contributed by atoms with van der Waals surface area (Å²) < 4.78 is 27.1. The van der Waals surface area contributed by atoms with E-state index in [0.29, 0.717) is 12.8 Å². The van der Waals surface area contributed by atoms with Gasteiger partial charge in [-0.3, -0.25) is 14.6 Å². The van der Waals surface area contributed by atoms with Crippen LogP contribution in [-0.4, -0.2) is 45.7 Å². The van der Waals surface area contributed by atoms with Crippen LogP contribution in [0.5, 0.6) is 0 Å². The summed E-state index contributed by atoms with van der Waals surface area (Å²) in [4.78, 5) is 41.3. The first-order chi connectivity index (χ1) is 12.9. The number of benzene rings is 1. The van der Waals surface area contributed by atoms with Gasteiger partial charge < -0.3 is 10.0 Å². The molecule has 2 aromatic rings. The van der Waals surface area contributed by atoms with E-state index in [-0.39, 0.29) is 29.9 Å². The van der Waals surface area contributed by atoms with Gasteiger partial charge in [-0.25, -0.2) is 13.6 Å². The molecule has 0 spiro atoms. The number of carbonyl (C=O) groups is 3. The lowest BCUT2D eigenvalue weighted by atomic mass is 9.88. The molecule has 1 aliphatic heterocycles. The number of Topliss-reactive ketones (excluding diaryl/α,β-unsaturated/α-hetero) is 1. The number of nitrogens with zero attached hydrogens (tertiary/aromatic N) is 2. The molecule has 1 amide bonds. The molecule has 140 valence electrons. The zero-order valence-corrected chi connectivity index (χ0v) is 14.2. The van der Waals surface area contributed by atoms with Crippen molar-refractivity contribution in [2.75, 3.05) is 13.1 Å². The number of hydrogen-bond donors (Lipinski definition) is 1. The molecule has 1 aliphatic rings. The van der Waals surface area contributed by atoms with Gasteiger partial charge in [-0.1, -0.05) is 0 Å². The zero-order chi connectivity index (χ0) is 19.6. The molecule has 1 fully saturated rings. The second-order valence-electron chi connectivity index (χ2n) is 6.29. The van der Waals surface area contributed by atoms with E-state index in [1.165, 1.54) is 23.2 Å². The Kier molecular flexibility index (Phi) is 5.25. The van der Waals surface area contributed by atoms with Crippen molar-refractivity contribution in [2.24, 2.45) is 5.92 Å². The minimum atomic E-state index is -1.16. The van der Waals surface area contributed by atoms with E-state index in [0.717, 1.165) is 18.2 Å². The van der Waals surface area contributed by atoms with E-state index in [1.54, 1.807) is 0 Å². The first-order valence-electron chi connectivity index (χ1n) is 8.34. The van der Waals surface area contributed by atoms with Crippen LogP contribution in [-0.2, 0) is 0 Å². The Bertz CT molecular complexity index is 908. The highest BCUT2D eigenvalue weighted by molar-refractivity contribution is 5.99. The Morgan fingerprint density at radius 3 is 2.44 bits per heavy atom. The van der Waals surface area contributed by atoms with Crippen LogP contribution < -0.4 is 0 Å². The van der Waals surface area contributed by atoms with Gasteiger partial charge in [-0.2, -0.15) is 0 Å². The molecule has 1 saturated heterocycles. The van der Waals surface area contributed by atoms with Gasteiger partial charge in [0.05, 0.1) is 11.1 Å². The Morgan fingerprint density at radius 2 is 1.78 bits per heavy atom. The topological polar surface area (TPSA) is 87.6 Å². The number of hydrogen-bond acceptors (Lipinski definition) is 4. The van der Waals surface area contributed by atoms with Crippen LogP contribution in [0.3, 0.4) is 0 Å². The lowest BCUT2D eigenvalue weighted by molar-refractivity contribution is 0.0643. The number of ketones is 1. The molecule has 0 radical (unpaired) electrons. The number of rotatable bonds is 4. The standard InChI is InChI=1S/C19H16F2N2O4/c20-13-1-2-15(21)14(10-13)17(24)11-4-7-23(8-5-11)18(25)16-9-12(19(26)27)3-6-22-16/h1-3,6,9-11H,4-5,7-8H2,(H,26,27). The van der Waals surface area contributed by atoms with Crippen LogP contribution in [0.4, 0.5) is 8.78 Å². The van der Waals surface area contributed by atoms with E-state index in [9.17, 15) is 23.2 Å². The Morgan fingerprint density at radius 1 is 1.07 bits per heavy atom. The predicted octanol–water partition coefficient (Wildman–Crippen LogP) is 2.79. The Labute approximate surface area is 153 Å². The van der Waals surface area contributed by atoms with Crippen LogP contribution >= 0.6 is 0 Å². The van der Waals surface area contributed by atoms with Crippen molar-refractivity contribution in [3.8, 4) is 0 Å². The van der Waals surface area contributed by atoms with Gasteiger partial charge in [-0.05, 0) is 43.2 Å². The number of aromatic nitrogens is 1. The van der Waals surface area contributed by atoms with Crippen LogP contribution in [0.2, 0.25) is 0 Å². The fourth-order valence-corrected chi connectivity index (χ4v) is 3.09. The first-order valence-corrected chi connectivity index (χ1v) is 8.34. The summed E-state index contributed by atoms with van der Waals surface area (Å²) in [5, 5.41) is 9.00. The second kappa shape index (κ2) is 7.61. The molecule has 0 aliphatic carbocycles. The number of carboxylic acids is 1. The number of carbonyl (C=O) groups excluding carboxylic acids is 2. The minimum absolute atomic E-state index is 0.0100. The normalized spacial score (nSPS) is 14.8. The maximum absolute atomic E-state index is 13.8. The minimum Gasteiger partial charge on any atom is -0.478 e. The van der Waals surface area contributed by atoms with Gasteiger partial charge in [0.15, 0.2) is 5.78 Å². The summed E-state index contributed by atoms with van der Waals surface area (Å²) in [6.07, 6.45) is 1.86. The number of aromatic carboxylic acids is 1. The highest BCUT2D eigenvalue weighted by atomic mass is 19.1. The van der Waals surface area contributed by atoms with E-state index in [1.807, 2.05) is 0 Å². The highest BCUT2D eigenvalue weighted by Gasteiger charge is 2.30. The highest BCUT2D eigenvalue weighted by Crippen LogP contribution is 2.24. The number of halogens is 2. The monoisotopic (exact) mass is 374 g/mol. The van der Waals surface area contributed by atoms with E-state index in [2.05, 4.69) is 4.98 Å². The van der Waals surface area contributed by atoms with E-state index >= 15 is 0 Å². The molecule has 2 heterocycles. The molecule has 27 heavy (non-hydrogen) atoms. The fraction of sp³-hybridized carbons (Fsp3) is 0.263.